The van der Waals surface area contributed by atoms with Gasteiger partial charge in [0.2, 0.25) is 10.0 Å². The maximum atomic E-state index is 13.1. The highest BCUT2D eigenvalue weighted by Crippen LogP contribution is 2.37. The highest BCUT2D eigenvalue weighted by molar-refractivity contribution is 7.92. The van der Waals surface area contributed by atoms with E-state index in [1.807, 2.05) is 0 Å². The van der Waals surface area contributed by atoms with Crippen molar-refractivity contribution in [2.75, 3.05) is 30.8 Å². The summed E-state index contributed by atoms with van der Waals surface area (Å²) >= 11 is 5.58. The smallest absolute Gasteiger partial charge is 0.417 e. The van der Waals surface area contributed by atoms with Gasteiger partial charge in [0, 0.05) is 0 Å². The van der Waals surface area contributed by atoms with E-state index in [1.165, 1.54) is 13.3 Å². The Balaban J connectivity index is 2.17. The van der Waals surface area contributed by atoms with Gasteiger partial charge in [-0.25, -0.2) is 13.8 Å². The van der Waals surface area contributed by atoms with Gasteiger partial charge in [0.05, 0.1) is 35.9 Å². The van der Waals surface area contributed by atoms with Crippen molar-refractivity contribution in [3.8, 4) is 11.5 Å². The molecule has 0 saturated heterocycles. The normalized spacial score (nSPS) is 11.8. The molecule has 2 rings (SSSR count). The largest absolute Gasteiger partial charge is 0.493 e. The Morgan fingerprint density at radius 1 is 1.24 bits per heavy atom. The van der Waals surface area contributed by atoms with Crippen LogP contribution in [0.5, 0.6) is 11.5 Å². The van der Waals surface area contributed by atoms with Crippen LogP contribution in [0.2, 0.25) is 5.02 Å². The lowest BCUT2D eigenvalue weighted by Crippen LogP contribution is -2.39. The molecule has 1 amide bonds. The molecular formula is C21H21ClF3N3O5S. The Morgan fingerprint density at radius 3 is 2.53 bits per heavy atom. The van der Waals surface area contributed by atoms with E-state index < -0.39 is 39.2 Å². The number of rotatable bonds is 10. The third-order valence-corrected chi connectivity index (χ3v) is 5.65. The molecule has 184 valence electrons. The number of alkyl halides is 3. The predicted octanol–water partition coefficient (Wildman–Crippen LogP) is 3.85. The second-order valence-electron chi connectivity index (χ2n) is 6.73. The molecule has 0 unspecified atom stereocenters. The molecule has 2 aromatic rings. The van der Waals surface area contributed by atoms with E-state index >= 15 is 0 Å². The molecule has 0 aliphatic rings. The number of nitrogens with zero attached hydrogens (tertiary/aromatic N) is 2. The van der Waals surface area contributed by atoms with Gasteiger partial charge in [0.25, 0.3) is 5.91 Å². The van der Waals surface area contributed by atoms with Crippen LogP contribution in [0.1, 0.15) is 11.1 Å². The van der Waals surface area contributed by atoms with E-state index in [0.29, 0.717) is 27.4 Å². The Kier molecular flexibility index (Phi) is 8.93. The summed E-state index contributed by atoms with van der Waals surface area (Å²) in [6.07, 6.45) is -1.21. The lowest BCUT2D eigenvalue weighted by molar-refractivity contribution is -0.137. The summed E-state index contributed by atoms with van der Waals surface area (Å²) in [7, 11) is -2.67. The maximum absolute atomic E-state index is 13.1. The molecule has 13 heteroatoms. The van der Waals surface area contributed by atoms with Gasteiger partial charge in [-0.15, -0.1) is 0 Å². The zero-order valence-corrected chi connectivity index (χ0v) is 19.7. The second kappa shape index (κ2) is 11.3. The van der Waals surface area contributed by atoms with E-state index in [1.54, 1.807) is 24.3 Å². The van der Waals surface area contributed by atoms with E-state index in [-0.39, 0.29) is 12.3 Å². The molecule has 0 fully saturated rings. The van der Waals surface area contributed by atoms with E-state index in [9.17, 15) is 26.4 Å². The topological polar surface area (TPSA) is 97.3 Å². The van der Waals surface area contributed by atoms with Crippen molar-refractivity contribution in [2.24, 2.45) is 5.10 Å². The highest BCUT2D eigenvalue weighted by atomic mass is 35.5. The molecule has 0 radical (unpaired) electrons. The second-order valence-corrected chi connectivity index (χ2v) is 9.05. The number of methoxy groups -OCH3 is 1. The van der Waals surface area contributed by atoms with Gasteiger partial charge in [-0.3, -0.25) is 9.10 Å². The molecule has 0 heterocycles. The van der Waals surface area contributed by atoms with Gasteiger partial charge < -0.3 is 9.47 Å². The minimum Gasteiger partial charge on any atom is -0.493 e. The number of hydrazone groups is 1. The SMILES string of the molecule is C=CCOc1ccc(/C=N\NC(=O)CN(c2ccc(Cl)c(C(F)(F)F)c2)S(C)(=O)=O)cc1OC. The molecule has 34 heavy (non-hydrogen) atoms. The molecule has 0 aliphatic heterocycles. The molecule has 2 aromatic carbocycles. The van der Waals surface area contributed by atoms with Crippen LogP contribution in [0.3, 0.4) is 0 Å². The van der Waals surface area contributed by atoms with Gasteiger partial charge in [-0.1, -0.05) is 24.3 Å². The van der Waals surface area contributed by atoms with Crippen molar-refractivity contribution in [1.29, 1.82) is 0 Å². The van der Waals surface area contributed by atoms with Gasteiger partial charge in [-0.05, 0) is 42.0 Å². The van der Waals surface area contributed by atoms with Crippen molar-refractivity contribution in [3.63, 3.8) is 0 Å². The summed E-state index contributed by atoms with van der Waals surface area (Å²) in [6, 6.07) is 7.37. The fourth-order valence-corrected chi connectivity index (χ4v) is 3.74. The molecule has 1 N–H and O–H groups in total. The van der Waals surface area contributed by atoms with Gasteiger partial charge >= 0.3 is 6.18 Å². The van der Waals surface area contributed by atoms with Crippen molar-refractivity contribution in [2.45, 2.75) is 6.18 Å². The van der Waals surface area contributed by atoms with Crippen molar-refractivity contribution in [3.05, 3.63) is 65.2 Å². The summed E-state index contributed by atoms with van der Waals surface area (Å²) in [6.45, 7) is 3.02. The lowest BCUT2D eigenvalue weighted by Gasteiger charge is -2.22. The molecule has 0 bridgehead atoms. The number of amides is 1. The van der Waals surface area contributed by atoms with Crippen LogP contribution in [0, 0.1) is 0 Å². The number of anilines is 1. The molecule has 0 aromatic heterocycles. The zero-order chi connectivity index (χ0) is 25.5. The number of ether oxygens (including phenoxy) is 2. The van der Waals surface area contributed by atoms with Crippen molar-refractivity contribution < 1.29 is 35.9 Å². The summed E-state index contributed by atoms with van der Waals surface area (Å²) in [5.41, 5.74) is 1.06. The van der Waals surface area contributed by atoms with E-state index in [4.69, 9.17) is 21.1 Å². The summed E-state index contributed by atoms with van der Waals surface area (Å²) in [4.78, 5) is 12.3. The lowest BCUT2D eigenvalue weighted by atomic mass is 10.2. The monoisotopic (exact) mass is 519 g/mol. The Morgan fingerprint density at radius 2 is 1.94 bits per heavy atom. The number of halogens is 4. The number of benzene rings is 2. The minimum absolute atomic E-state index is 0.273. The third kappa shape index (κ3) is 7.39. The first-order valence-electron chi connectivity index (χ1n) is 9.45. The Bertz CT molecular complexity index is 1190. The van der Waals surface area contributed by atoms with Crippen LogP contribution >= 0.6 is 11.6 Å². The van der Waals surface area contributed by atoms with Crippen LogP contribution in [-0.4, -0.2) is 47.1 Å². The first-order chi connectivity index (χ1) is 15.9. The molecule has 0 aliphatic carbocycles. The average Bonchev–Trinajstić information content (AvgIpc) is 2.75. The Labute approximate surface area is 199 Å². The molecule has 8 nitrogen and oxygen atoms in total. The molecule has 0 saturated carbocycles. The highest BCUT2D eigenvalue weighted by Gasteiger charge is 2.34. The van der Waals surface area contributed by atoms with Crippen LogP contribution < -0.4 is 19.2 Å². The first kappa shape index (κ1) is 27.0. The maximum Gasteiger partial charge on any atom is 0.417 e. The van der Waals surface area contributed by atoms with E-state index in [0.717, 1.165) is 18.4 Å². The standard InChI is InChI=1S/C21H21ClF3N3O5S/c1-4-9-33-18-8-5-14(10-19(18)32-2)12-26-27-20(29)13-28(34(3,30)31)15-6-7-17(22)16(11-15)21(23,24)25/h4-8,10-12H,1,9,13H2,2-3H3,(H,27,29)/b26-12-. The summed E-state index contributed by atoms with van der Waals surface area (Å²) in [5, 5.41) is 3.15. The van der Waals surface area contributed by atoms with Crippen LogP contribution in [-0.2, 0) is 21.0 Å². The van der Waals surface area contributed by atoms with Crippen molar-refractivity contribution >= 4 is 39.4 Å². The number of carbonyl (C=O) groups excluding carboxylic acids is 1. The van der Waals surface area contributed by atoms with E-state index in [2.05, 4.69) is 17.1 Å². The minimum atomic E-state index is -4.81. The predicted molar refractivity (Wildman–Crippen MR) is 123 cm³/mol. The number of nitrogens with one attached hydrogen (secondary N) is 1. The fraction of sp³-hybridized carbons (Fsp3) is 0.238. The van der Waals surface area contributed by atoms with Gasteiger partial charge in [0.1, 0.15) is 13.2 Å². The van der Waals surface area contributed by atoms with Crippen LogP contribution in [0.4, 0.5) is 18.9 Å². The summed E-state index contributed by atoms with van der Waals surface area (Å²) < 4.78 is 74.9. The van der Waals surface area contributed by atoms with Crippen LogP contribution in [0.25, 0.3) is 0 Å². The molecule has 0 atom stereocenters. The number of carbonyl (C=O) groups is 1. The molecular weight excluding hydrogens is 499 g/mol. The zero-order valence-electron chi connectivity index (χ0n) is 18.1. The quantitative estimate of drug-likeness (QED) is 0.292. The Hall–Kier alpha value is -3.25. The number of hydrogen-bond acceptors (Lipinski definition) is 6. The third-order valence-electron chi connectivity index (χ3n) is 4.18. The fourth-order valence-electron chi connectivity index (χ4n) is 2.66. The number of sulfonamides is 1. The van der Waals surface area contributed by atoms with Crippen molar-refractivity contribution in [1.82, 2.24) is 5.43 Å². The number of hydrogen-bond donors (Lipinski definition) is 1. The molecule has 0 spiro atoms. The first-order valence-corrected chi connectivity index (χ1v) is 11.7. The summed E-state index contributed by atoms with van der Waals surface area (Å²) in [5.74, 6) is -0.0137. The van der Waals surface area contributed by atoms with Gasteiger partial charge in [-0.2, -0.15) is 18.3 Å². The van der Waals surface area contributed by atoms with Gasteiger partial charge in [0.15, 0.2) is 11.5 Å². The van der Waals surface area contributed by atoms with Crippen LogP contribution in [0.15, 0.2) is 54.2 Å². The average molecular weight is 520 g/mol.